The topological polar surface area (TPSA) is 32.7 Å². The van der Waals surface area contributed by atoms with Crippen LogP contribution in [-0.4, -0.2) is 36.2 Å². The van der Waals surface area contributed by atoms with Gasteiger partial charge in [0, 0.05) is 18.0 Å². The van der Waals surface area contributed by atoms with Crippen molar-refractivity contribution in [1.82, 2.24) is 4.90 Å². The molecular weight excluding hydrogens is 307 g/mol. The third-order valence-electron chi connectivity index (χ3n) is 3.77. The molecule has 0 aromatic heterocycles. The summed E-state index contributed by atoms with van der Waals surface area (Å²) < 4.78 is 0. The highest BCUT2D eigenvalue weighted by atomic mass is 35.5. The summed E-state index contributed by atoms with van der Waals surface area (Å²) in [6.45, 7) is 0.188. The molecule has 1 heterocycles. The van der Waals surface area contributed by atoms with Crippen LogP contribution < -0.4 is 0 Å². The molecule has 0 fully saturated rings. The van der Waals surface area contributed by atoms with Crippen molar-refractivity contribution in [2.75, 3.05) is 13.6 Å². The molecule has 2 aliphatic rings. The molecule has 1 aromatic carbocycles. The summed E-state index contributed by atoms with van der Waals surface area (Å²) in [6.07, 6.45) is 5.81. The van der Waals surface area contributed by atoms with Crippen molar-refractivity contribution in [3.8, 4) is 0 Å². The average molecular weight is 323 g/mol. The SMILES string of the molecule is CN1C(=O)CN=C(c2ccccc2)C2C=C(Cl)C=CC21.Cl. The number of rotatable bonds is 1. The maximum atomic E-state index is 12.1. The number of amides is 1. The van der Waals surface area contributed by atoms with Gasteiger partial charge in [-0.05, 0) is 11.6 Å². The van der Waals surface area contributed by atoms with Crippen molar-refractivity contribution >= 4 is 35.6 Å². The van der Waals surface area contributed by atoms with E-state index in [4.69, 9.17) is 11.6 Å². The first-order chi connectivity index (χ1) is 9.66. The van der Waals surface area contributed by atoms with Gasteiger partial charge in [-0.1, -0.05) is 54.1 Å². The molecule has 1 aromatic rings. The van der Waals surface area contributed by atoms with E-state index in [1.54, 1.807) is 4.90 Å². The molecule has 0 saturated carbocycles. The van der Waals surface area contributed by atoms with E-state index < -0.39 is 0 Å². The van der Waals surface area contributed by atoms with Crippen LogP contribution in [0.2, 0.25) is 0 Å². The Labute approximate surface area is 135 Å². The van der Waals surface area contributed by atoms with Crippen molar-refractivity contribution in [3.05, 3.63) is 59.2 Å². The molecule has 1 aliphatic heterocycles. The number of carbonyl (C=O) groups excluding carboxylic acids is 1. The smallest absolute Gasteiger partial charge is 0.244 e. The van der Waals surface area contributed by atoms with E-state index in [0.717, 1.165) is 11.3 Å². The quantitative estimate of drug-likeness (QED) is 0.782. The number of benzene rings is 1. The lowest BCUT2D eigenvalue weighted by molar-refractivity contribution is -0.129. The first-order valence-electron chi connectivity index (χ1n) is 6.58. The number of fused-ring (bicyclic) bond motifs is 1. The van der Waals surface area contributed by atoms with Gasteiger partial charge in [-0.3, -0.25) is 9.79 Å². The Kier molecular flexibility index (Phi) is 4.86. The second-order valence-electron chi connectivity index (χ2n) is 5.00. The molecule has 2 atom stereocenters. The zero-order chi connectivity index (χ0) is 14.1. The number of halogens is 2. The maximum Gasteiger partial charge on any atom is 0.244 e. The van der Waals surface area contributed by atoms with E-state index in [0.29, 0.717) is 5.03 Å². The highest BCUT2D eigenvalue weighted by Gasteiger charge is 2.33. The number of aliphatic imine (C=N–C) groups is 1. The molecular formula is C16H16Cl2N2O. The normalized spacial score (nSPS) is 24.5. The van der Waals surface area contributed by atoms with Gasteiger partial charge >= 0.3 is 0 Å². The first kappa shape index (κ1) is 15.8. The van der Waals surface area contributed by atoms with Crippen LogP contribution in [-0.2, 0) is 4.79 Å². The number of hydrogen-bond acceptors (Lipinski definition) is 2. The van der Waals surface area contributed by atoms with Gasteiger partial charge in [-0.25, -0.2) is 0 Å². The fourth-order valence-electron chi connectivity index (χ4n) is 2.68. The van der Waals surface area contributed by atoms with Crippen molar-refractivity contribution < 1.29 is 4.79 Å². The number of hydrogen-bond donors (Lipinski definition) is 0. The minimum absolute atomic E-state index is 0. The summed E-state index contributed by atoms with van der Waals surface area (Å²) in [4.78, 5) is 18.3. The lowest BCUT2D eigenvalue weighted by atomic mass is 9.86. The summed E-state index contributed by atoms with van der Waals surface area (Å²) in [5, 5.41) is 0.692. The summed E-state index contributed by atoms with van der Waals surface area (Å²) in [6, 6.07) is 9.95. The molecule has 1 amide bonds. The fraction of sp³-hybridized carbons (Fsp3) is 0.250. The Bertz CT molecular complexity index is 622. The van der Waals surface area contributed by atoms with Gasteiger partial charge in [-0.15, -0.1) is 12.4 Å². The minimum Gasteiger partial charge on any atom is -0.337 e. The van der Waals surface area contributed by atoms with Gasteiger partial charge in [0.05, 0.1) is 11.8 Å². The van der Waals surface area contributed by atoms with Gasteiger partial charge in [-0.2, -0.15) is 0 Å². The van der Waals surface area contributed by atoms with Gasteiger partial charge in [0.15, 0.2) is 0 Å². The van der Waals surface area contributed by atoms with Crippen LogP contribution in [0.25, 0.3) is 0 Å². The van der Waals surface area contributed by atoms with Crippen molar-refractivity contribution in [3.63, 3.8) is 0 Å². The molecule has 0 radical (unpaired) electrons. The molecule has 110 valence electrons. The lowest BCUT2D eigenvalue weighted by Crippen LogP contribution is -2.42. The maximum absolute atomic E-state index is 12.1. The van der Waals surface area contributed by atoms with E-state index >= 15 is 0 Å². The van der Waals surface area contributed by atoms with Crippen LogP contribution in [0.4, 0.5) is 0 Å². The van der Waals surface area contributed by atoms with Crippen LogP contribution in [0.3, 0.4) is 0 Å². The predicted octanol–water partition coefficient (Wildman–Crippen LogP) is 3.05. The molecule has 3 nitrogen and oxygen atoms in total. The molecule has 3 rings (SSSR count). The van der Waals surface area contributed by atoms with Crippen LogP contribution in [0.1, 0.15) is 5.56 Å². The van der Waals surface area contributed by atoms with Crippen LogP contribution in [0.15, 0.2) is 58.6 Å². The predicted molar refractivity (Wildman–Crippen MR) is 88.2 cm³/mol. The molecule has 0 bridgehead atoms. The van der Waals surface area contributed by atoms with Gasteiger partial charge in [0.2, 0.25) is 5.91 Å². The second kappa shape index (κ2) is 6.46. The average Bonchev–Trinajstić information content (AvgIpc) is 2.58. The van der Waals surface area contributed by atoms with E-state index in [9.17, 15) is 4.79 Å². The Morgan fingerprint density at radius 3 is 2.71 bits per heavy atom. The Balaban J connectivity index is 0.00000161. The molecule has 1 aliphatic carbocycles. The highest BCUT2D eigenvalue weighted by molar-refractivity contribution is 6.31. The summed E-state index contributed by atoms with van der Waals surface area (Å²) in [7, 11) is 1.82. The van der Waals surface area contributed by atoms with Gasteiger partial charge < -0.3 is 4.90 Å². The molecule has 21 heavy (non-hydrogen) atoms. The van der Waals surface area contributed by atoms with Crippen LogP contribution in [0, 0.1) is 5.92 Å². The minimum atomic E-state index is -0.0218. The Morgan fingerprint density at radius 1 is 1.29 bits per heavy atom. The van der Waals surface area contributed by atoms with E-state index in [2.05, 4.69) is 4.99 Å². The van der Waals surface area contributed by atoms with Crippen LogP contribution >= 0.6 is 24.0 Å². The monoisotopic (exact) mass is 322 g/mol. The van der Waals surface area contributed by atoms with E-state index in [1.807, 2.05) is 55.6 Å². The van der Waals surface area contributed by atoms with Crippen LogP contribution in [0.5, 0.6) is 0 Å². The fourth-order valence-corrected chi connectivity index (χ4v) is 2.88. The summed E-state index contributed by atoms with van der Waals surface area (Å²) in [5.74, 6) is 0.0355. The van der Waals surface area contributed by atoms with E-state index in [-0.39, 0.29) is 36.8 Å². The lowest BCUT2D eigenvalue weighted by Gasteiger charge is -2.31. The molecule has 0 saturated heterocycles. The molecule has 5 heteroatoms. The van der Waals surface area contributed by atoms with Gasteiger partial charge in [0.1, 0.15) is 6.54 Å². The standard InChI is InChI=1S/C16H15ClN2O.ClH/c1-19-14-8-7-12(17)9-13(14)16(18-10-15(19)20)11-5-3-2-4-6-11;/h2-9,13-14H,10H2,1H3;1H. The number of carbonyl (C=O) groups is 1. The molecule has 2 unspecified atom stereocenters. The summed E-state index contributed by atoms with van der Waals surface area (Å²) >= 11 is 6.14. The van der Waals surface area contributed by atoms with Gasteiger partial charge in [0.25, 0.3) is 0 Å². The van der Waals surface area contributed by atoms with Crippen molar-refractivity contribution in [2.45, 2.75) is 6.04 Å². The second-order valence-corrected chi connectivity index (χ2v) is 5.44. The van der Waals surface area contributed by atoms with Crippen molar-refractivity contribution in [1.29, 1.82) is 0 Å². The first-order valence-corrected chi connectivity index (χ1v) is 6.95. The largest absolute Gasteiger partial charge is 0.337 e. The summed E-state index contributed by atoms with van der Waals surface area (Å²) in [5.41, 5.74) is 1.97. The zero-order valence-corrected chi connectivity index (χ0v) is 13.1. The zero-order valence-electron chi connectivity index (χ0n) is 11.6. The molecule has 0 spiro atoms. The van der Waals surface area contributed by atoms with E-state index in [1.165, 1.54) is 0 Å². The van der Waals surface area contributed by atoms with Crippen molar-refractivity contribution in [2.24, 2.45) is 10.9 Å². The number of allylic oxidation sites excluding steroid dienone is 2. The number of likely N-dealkylation sites (N-methyl/N-ethyl adjacent to an activating group) is 1. The molecule has 0 N–H and O–H groups in total. The highest BCUT2D eigenvalue weighted by Crippen LogP contribution is 2.28. The Morgan fingerprint density at radius 2 is 2.00 bits per heavy atom. The number of nitrogens with zero attached hydrogens (tertiary/aromatic N) is 2. The third kappa shape index (κ3) is 3.04. The third-order valence-corrected chi connectivity index (χ3v) is 4.02. The Hall–Kier alpha value is -1.58.